The Morgan fingerprint density at radius 1 is 1.33 bits per heavy atom. The molecule has 1 aliphatic rings. The van der Waals surface area contributed by atoms with E-state index in [1.165, 1.54) is 40.8 Å². The number of hydrogen-bond donors (Lipinski definition) is 1. The molecule has 0 fully saturated rings. The second kappa shape index (κ2) is 6.51. The Bertz CT molecular complexity index is 602. The van der Waals surface area contributed by atoms with Crippen molar-refractivity contribution in [3.05, 3.63) is 56.2 Å². The molecule has 2 unspecified atom stereocenters. The van der Waals surface area contributed by atoms with Crippen LogP contribution in [0.25, 0.3) is 0 Å². The number of rotatable bonds is 4. The van der Waals surface area contributed by atoms with Crippen LogP contribution < -0.4 is 5.32 Å². The zero-order valence-electron chi connectivity index (χ0n) is 12.7. The van der Waals surface area contributed by atoms with Crippen LogP contribution in [0.3, 0.4) is 0 Å². The smallest absolute Gasteiger partial charge is 0.0934 e. The second-order valence-electron chi connectivity index (χ2n) is 5.86. The van der Waals surface area contributed by atoms with Gasteiger partial charge in [-0.25, -0.2) is 0 Å². The van der Waals surface area contributed by atoms with E-state index < -0.39 is 0 Å². The Hall–Kier alpha value is -0.830. The Balaban J connectivity index is 1.74. The Morgan fingerprint density at radius 3 is 2.81 bits per heavy atom. The summed E-state index contributed by atoms with van der Waals surface area (Å²) in [6.45, 7) is 4.45. The number of thiophene rings is 1. The topological polar surface area (TPSA) is 12.0 Å². The monoisotopic (exact) mass is 319 g/mol. The van der Waals surface area contributed by atoms with Crippen molar-refractivity contribution in [1.82, 2.24) is 5.32 Å². The SMILES string of the molecule is CCc1ccc(C(C)NC2CCCc3sc(Cl)cc32)cc1. The molecular formula is C18H22ClNS. The van der Waals surface area contributed by atoms with Gasteiger partial charge in [-0.2, -0.15) is 0 Å². The van der Waals surface area contributed by atoms with E-state index >= 15 is 0 Å². The van der Waals surface area contributed by atoms with Crippen LogP contribution in [0.4, 0.5) is 0 Å². The van der Waals surface area contributed by atoms with Crippen molar-refractivity contribution >= 4 is 22.9 Å². The molecule has 21 heavy (non-hydrogen) atoms. The Morgan fingerprint density at radius 2 is 2.10 bits per heavy atom. The third-order valence-corrected chi connectivity index (χ3v) is 5.76. The molecule has 112 valence electrons. The van der Waals surface area contributed by atoms with E-state index in [0.717, 1.165) is 10.8 Å². The lowest BCUT2D eigenvalue weighted by Gasteiger charge is -2.27. The second-order valence-corrected chi connectivity index (χ2v) is 7.63. The van der Waals surface area contributed by atoms with E-state index in [2.05, 4.69) is 49.5 Å². The number of halogens is 1. The van der Waals surface area contributed by atoms with Gasteiger partial charge in [-0.1, -0.05) is 42.8 Å². The molecule has 0 amide bonds. The number of benzene rings is 1. The van der Waals surface area contributed by atoms with Crippen molar-refractivity contribution in [2.75, 3.05) is 0 Å². The van der Waals surface area contributed by atoms with Crippen LogP contribution in [-0.2, 0) is 12.8 Å². The first-order valence-corrected chi connectivity index (χ1v) is 8.99. The summed E-state index contributed by atoms with van der Waals surface area (Å²) < 4.78 is 0.925. The van der Waals surface area contributed by atoms with Crippen LogP contribution in [0.2, 0.25) is 4.34 Å². The van der Waals surface area contributed by atoms with Gasteiger partial charge < -0.3 is 5.32 Å². The lowest BCUT2D eigenvalue weighted by molar-refractivity contribution is 0.418. The number of nitrogens with one attached hydrogen (secondary N) is 1. The fourth-order valence-electron chi connectivity index (χ4n) is 3.13. The Labute approximate surface area is 136 Å². The molecule has 3 heteroatoms. The van der Waals surface area contributed by atoms with Crippen molar-refractivity contribution in [3.8, 4) is 0 Å². The molecule has 2 aromatic rings. The average molecular weight is 320 g/mol. The van der Waals surface area contributed by atoms with E-state index in [0.29, 0.717) is 12.1 Å². The quantitative estimate of drug-likeness (QED) is 0.763. The first-order valence-electron chi connectivity index (χ1n) is 7.80. The minimum atomic E-state index is 0.366. The molecule has 1 nitrogen and oxygen atoms in total. The first-order chi connectivity index (χ1) is 10.2. The molecule has 0 radical (unpaired) electrons. The van der Waals surface area contributed by atoms with Crippen molar-refractivity contribution in [2.24, 2.45) is 0 Å². The highest BCUT2D eigenvalue weighted by Crippen LogP contribution is 2.38. The zero-order chi connectivity index (χ0) is 14.8. The van der Waals surface area contributed by atoms with Crippen LogP contribution in [0.5, 0.6) is 0 Å². The van der Waals surface area contributed by atoms with Crippen molar-refractivity contribution in [2.45, 2.75) is 51.6 Å². The molecule has 0 saturated carbocycles. The normalized spacial score (nSPS) is 19.3. The molecule has 1 aliphatic carbocycles. The van der Waals surface area contributed by atoms with Gasteiger partial charge in [-0.15, -0.1) is 11.3 Å². The summed E-state index contributed by atoms with van der Waals surface area (Å²) in [6, 6.07) is 11.9. The van der Waals surface area contributed by atoms with Crippen LogP contribution in [-0.4, -0.2) is 0 Å². The minimum Gasteiger partial charge on any atom is -0.303 e. The fourth-order valence-corrected chi connectivity index (χ4v) is 4.52. The van der Waals surface area contributed by atoms with Crippen LogP contribution in [0, 0.1) is 0 Å². The molecule has 1 aromatic heterocycles. The zero-order valence-corrected chi connectivity index (χ0v) is 14.2. The maximum absolute atomic E-state index is 6.19. The molecular weight excluding hydrogens is 298 g/mol. The first kappa shape index (κ1) is 15.1. The average Bonchev–Trinajstić information content (AvgIpc) is 2.88. The lowest BCUT2D eigenvalue weighted by atomic mass is 9.92. The lowest BCUT2D eigenvalue weighted by Crippen LogP contribution is -2.27. The summed E-state index contributed by atoms with van der Waals surface area (Å²) in [7, 11) is 0. The highest BCUT2D eigenvalue weighted by atomic mass is 35.5. The third kappa shape index (κ3) is 3.33. The summed E-state index contributed by atoms with van der Waals surface area (Å²) in [5.74, 6) is 0. The summed E-state index contributed by atoms with van der Waals surface area (Å²) >= 11 is 7.94. The van der Waals surface area contributed by atoms with Gasteiger partial charge in [0.2, 0.25) is 0 Å². The summed E-state index contributed by atoms with van der Waals surface area (Å²) in [4.78, 5) is 1.47. The highest BCUT2D eigenvalue weighted by molar-refractivity contribution is 7.16. The van der Waals surface area contributed by atoms with Gasteiger partial charge in [0.15, 0.2) is 0 Å². The molecule has 1 heterocycles. The third-order valence-electron chi connectivity index (χ3n) is 4.42. The summed E-state index contributed by atoms with van der Waals surface area (Å²) in [5.41, 5.74) is 4.18. The van der Waals surface area contributed by atoms with Crippen LogP contribution >= 0.6 is 22.9 Å². The van der Waals surface area contributed by atoms with Gasteiger partial charge in [0, 0.05) is 17.0 Å². The maximum atomic E-state index is 6.19. The van der Waals surface area contributed by atoms with Gasteiger partial charge in [-0.05, 0) is 55.4 Å². The van der Waals surface area contributed by atoms with E-state index in [4.69, 9.17) is 11.6 Å². The van der Waals surface area contributed by atoms with Crippen molar-refractivity contribution in [1.29, 1.82) is 0 Å². The van der Waals surface area contributed by atoms with E-state index in [-0.39, 0.29) is 0 Å². The maximum Gasteiger partial charge on any atom is 0.0934 e. The molecule has 0 saturated heterocycles. The minimum absolute atomic E-state index is 0.366. The highest BCUT2D eigenvalue weighted by Gasteiger charge is 2.24. The van der Waals surface area contributed by atoms with E-state index in [1.807, 2.05) is 0 Å². The largest absolute Gasteiger partial charge is 0.303 e. The predicted molar refractivity (Wildman–Crippen MR) is 92.4 cm³/mol. The van der Waals surface area contributed by atoms with E-state index in [9.17, 15) is 0 Å². The molecule has 3 rings (SSSR count). The number of fused-ring (bicyclic) bond motifs is 1. The van der Waals surface area contributed by atoms with Crippen molar-refractivity contribution in [3.63, 3.8) is 0 Å². The summed E-state index contributed by atoms with van der Waals surface area (Å²) in [5, 5.41) is 3.79. The fraction of sp³-hybridized carbons (Fsp3) is 0.444. The molecule has 0 aliphatic heterocycles. The number of hydrogen-bond acceptors (Lipinski definition) is 2. The van der Waals surface area contributed by atoms with Crippen LogP contribution in [0.1, 0.15) is 60.3 Å². The predicted octanol–water partition coefficient (Wildman–Crippen LogP) is 5.69. The van der Waals surface area contributed by atoms with Gasteiger partial charge in [0.1, 0.15) is 0 Å². The van der Waals surface area contributed by atoms with Gasteiger partial charge in [0.05, 0.1) is 4.34 Å². The van der Waals surface area contributed by atoms with E-state index in [1.54, 1.807) is 11.3 Å². The van der Waals surface area contributed by atoms with Gasteiger partial charge in [0.25, 0.3) is 0 Å². The van der Waals surface area contributed by atoms with Gasteiger partial charge in [-0.3, -0.25) is 0 Å². The molecule has 2 atom stereocenters. The molecule has 0 bridgehead atoms. The number of aryl methyl sites for hydroxylation is 2. The molecule has 1 aromatic carbocycles. The molecule has 0 spiro atoms. The molecule has 1 N–H and O–H groups in total. The summed E-state index contributed by atoms with van der Waals surface area (Å²) in [6.07, 6.45) is 4.74. The van der Waals surface area contributed by atoms with Gasteiger partial charge >= 0.3 is 0 Å². The van der Waals surface area contributed by atoms with Crippen LogP contribution in [0.15, 0.2) is 30.3 Å². The standard InChI is InChI=1S/C18H22ClNS/c1-3-13-7-9-14(10-8-13)12(2)20-16-5-4-6-17-15(16)11-18(19)21-17/h7-12,16,20H,3-6H2,1-2H3. The Kier molecular flexibility index (Phi) is 4.68. The van der Waals surface area contributed by atoms with Crippen molar-refractivity contribution < 1.29 is 0 Å².